The maximum atomic E-state index is 13.3. The number of likely N-dealkylation sites (tertiary alicyclic amines) is 1. The van der Waals surface area contributed by atoms with Crippen molar-refractivity contribution in [1.29, 1.82) is 0 Å². The highest BCUT2D eigenvalue weighted by Crippen LogP contribution is 2.40. The SMILES string of the molecule is O=C(c1ccnnc1)N1C[C@@H](O)C[C@@H]1c1ccccc1C(F)(F)F. The summed E-state index contributed by atoms with van der Waals surface area (Å²) in [4.78, 5) is 13.9. The quantitative estimate of drug-likeness (QED) is 0.914. The standard InChI is InChI=1S/C16H14F3N3O2/c17-16(18,19)13-4-2-1-3-12(13)14-7-11(23)9-22(14)15(24)10-5-6-20-21-8-10/h1-6,8,11,14,23H,7,9H2/t11-,14+/m0/s1. The van der Waals surface area contributed by atoms with E-state index in [1.807, 2.05) is 0 Å². The number of aliphatic hydroxyl groups excluding tert-OH is 1. The molecule has 2 heterocycles. The molecule has 0 radical (unpaired) electrons. The number of nitrogens with zero attached hydrogens (tertiary/aromatic N) is 3. The summed E-state index contributed by atoms with van der Waals surface area (Å²) >= 11 is 0. The first-order chi connectivity index (χ1) is 11.4. The maximum Gasteiger partial charge on any atom is 0.416 e. The number of halogens is 3. The second-order valence-electron chi connectivity index (χ2n) is 5.58. The fourth-order valence-electron chi connectivity index (χ4n) is 2.96. The lowest BCUT2D eigenvalue weighted by molar-refractivity contribution is -0.138. The van der Waals surface area contributed by atoms with Gasteiger partial charge in [-0.1, -0.05) is 18.2 Å². The van der Waals surface area contributed by atoms with Crippen LogP contribution in [-0.2, 0) is 6.18 Å². The van der Waals surface area contributed by atoms with Crippen molar-refractivity contribution in [3.05, 3.63) is 59.4 Å². The van der Waals surface area contributed by atoms with Crippen LogP contribution in [0.25, 0.3) is 0 Å². The molecule has 0 unspecified atom stereocenters. The number of aromatic nitrogens is 2. The van der Waals surface area contributed by atoms with Crippen LogP contribution in [0.15, 0.2) is 42.7 Å². The fourth-order valence-corrected chi connectivity index (χ4v) is 2.96. The van der Waals surface area contributed by atoms with Gasteiger partial charge in [0.05, 0.1) is 35.7 Å². The third-order valence-electron chi connectivity index (χ3n) is 4.00. The van der Waals surface area contributed by atoms with Crippen molar-refractivity contribution in [2.75, 3.05) is 6.54 Å². The van der Waals surface area contributed by atoms with Crippen LogP contribution in [-0.4, -0.2) is 38.8 Å². The minimum absolute atomic E-state index is 0.0167. The molecule has 8 heteroatoms. The summed E-state index contributed by atoms with van der Waals surface area (Å²) in [5.74, 6) is -0.483. The molecule has 1 N–H and O–H groups in total. The molecule has 2 aromatic rings. The molecule has 1 aromatic heterocycles. The highest BCUT2D eigenvalue weighted by Gasteiger charge is 2.41. The van der Waals surface area contributed by atoms with Crippen LogP contribution in [0.5, 0.6) is 0 Å². The molecule has 1 aromatic carbocycles. The van der Waals surface area contributed by atoms with E-state index in [-0.39, 0.29) is 24.1 Å². The lowest BCUT2D eigenvalue weighted by Gasteiger charge is -2.27. The number of β-amino-alcohol motifs (C(OH)–C–C–N with tert-alkyl or cyclic N) is 1. The van der Waals surface area contributed by atoms with E-state index in [2.05, 4.69) is 10.2 Å². The summed E-state index contributed by atoms with van der Waals surface area (Å²) in [7, 11) is 0. The highest BCUT2D eigenvalue weighted by atomic mass is 19.4. The summed E-state index contributed by atoms with van der Waals surface area (Å²) in [5.41, 5.74) is -0.597. The molecule has 24 heavy (non-hydrogen) atoms. The summed E-state index contributed by atoms with van der Waals surface area (Å²) in [6.07, 6.45) is -2.78. The van der Waals surface area contributed by atoms with Crippen molar-refractivity contribution in [3.8, 4) is 0 Å². The van der Waals surface area contributed by atoms with E-state index >= 15 is 0 Å². The Bertz CT molecular complexity index is 737. The molecule has 1 aliphatic heterocycles. The maximum absolute atomic E-state index is 13.3. The number of hydrogen-bond acceptors (Lipinski definition) is 4. The Morgan fingerprint density at radius 3 is 2.62 bits per heavy atom. The first kappa shape index (κ1) is 16.4. The van der Waals surface area contributed by atoms with E-state index in [9.17, 15) is 23.1 Å². The zero-order valence-corrected chi connectivity index (χ0v) is 12.4. The minimum atomic E-state index is -4.53. The van der Waals surface area contributed by atoms with Crippen molar-refractivity contribution >= 4 is 5.91 Å². The van der Waals surface area contributed by atoms with E-state index in [1.54, 1.807) is 0 Å². The average Bonchev–Trinajstić information content (AvgIpc) is 2.96. The molecule has 1 saturated heterocycles. The van der Waals surface area contributed by atoms with Gasteiger partial charge in [0.15, 0.2) is 0 Å². The van der Waals surface area contributed by atoms with Crippen LogP contribution in [0.2, 0.25) is 0 Å². The van der Waals surface area contributed by atoms with Crippen molar-refractivity contribution in [2.24, 2.45) is 0 Å². The number of carbonyl (C=O) groups excluding carboxylic acids is 1. The topological polar surface area (TPSA) is 66.3 Å². The molecular weight excluding hydrogens is 323 g/mol. The van der Waals surface area contributed by atoms with Gasteiger partial charge in [-0.25, -0.2) is 0 Å². The number of hydrogen-bond donors (Lipinski definition) is 1. The fraction of sp³-hybridized carbons (Fsp3) is 0.312. The summed E-state index contributed by atoms with van der Waals surface area (Å²) in [6, 6.07) is 5.71. The van der Waals surface area contributed by atoms with Crippen LogP contribution >= 0.6 is 0 Å². The molecule has 126 valence electrons. The normalized spacial score (nSPS) is 21.1. The number of aliphatic hydroxyl groups is 1. The molecule has 1 fully saturated rings. The zero-order valence-electron chi connectivity index (χ0n) is 12.4. The van der Waals surface area contributed by atoms with Crippen LogP contribution in [0.3, 0.4) is 0 Å². The number of amides is 1. The van der Waals surface area contributed by atoms with E-state index in [4.69, 9.17) is 0 Å². The van der Waals surface area contributed by atoms with Gasteiger partial charge in [-0.05, 0) is 24.1 Å². The van der Waals surface area contributed by atoms with Gasteiger partial charge in [-0.15, -0.1) is 0 Å². The van der Waals surface area contributed by atoms with Crippen LogP contribution in [0.4, 0.5) is 13.2 Å². The molecule has 0 aliphatic carbocycles. The predicted octanol–water partition coefficient (Wildman–Crippen LogP) is 2.44. The zero-order chi connectivity index (χ0) is 17.3. The first-order valence-corrected chi connectivity index (χ1v) is 7.30. The summed E-state index contributed by atoms with van der Waals surface area (Å²) < 4.78 is 39.8. The Hall–Kier alpha value is -2.48. The third kappa shape index (κ3) is 3.09. The van der Waals surface area contributed by atoms with Gasteiger partial charge in [-0.3, -0.25) is 4.79 Å². The molecule has 3 rings (SSSR count). The monoisotopic (exact) mass is 337 g/mol. The molecule has 0 saturated carbocycles. The Morgan fingerprint density at radius 2 is 1.96 bits per heavy atom. The van der Waals surface area contributed by atoms with Crippen LogP contribution in [0.1, 0.15) is 33.9 Å². The van der Waals surface area contributed by atoms with Gasteiger partial charge in [0.1, 0.15) is 0 Å². The van der Waals surface area contributed by atoms with Crippen molar-refractivity contribution < 1.29 is 23.1 Å². The first-order valence-electron chi connectivity index (χ1n) is 7.30. The molecule has 1 aliphatic rings. The largest absolute Gasteiger partial charge is 0.416 e. The molecule has 1 amide bonds. The second kappa shape index (κ2) is 6.20. The van der Waals surface area contributed by atoms with Crippen molar-refractivity contribution in [3.63, 3.8) is 0 Å². The lowest BCUT2D eigenvalue weighted by atomic mass is 9.97. The van der Waals surface area contributed by atoms with Gasteiger partial charge in [-0.2, -0.15) is 23.4 Å². The van der Waals surface area contributed by atoms with Crippen LogP contribution < -0.4 is 0 Å². The highest BCUT2D eigenvalue weighted by molar-refractivity contribution is 5.94. The molecule has 0 bridgehead atoms. The Labute approximate surface area is 135 Å². The van der Waals surface area contributed by atoms with E-state index in [0.29, 0.717) is 0 Å². The van der Waals surface area contributed by atoms with Gasteiger partial charge in [0.2, 0.25) is 0 Å². The third-order valence-corrected chi connectivity index (χ3v) is 4.00. The van der Waals surface area contributed by atoms with E-state index < -0.39 is 29.8 Å². The number of carbonyl (C=O) groups is 1. The number of benzene rings is 1. The van der Waals surface area contributed by atoms with Gasteiger partial charge >= 0.3 is 6.18 Å². The molecule has 2 atom stereocenters. The summed E-state index contributed by atoms with van der Waals surface area (Å²) in [6.45, 7) is -0.0297. The van der Waals surface area contributed by atoms with Gasteiger partial charge < -0.3 is 10.0 Å². The second-order valence-corrected chi connectivity index (χ2v) is 5.58. The minimum Gasteiger partial charge on any atom is -0.391 e. The predicted molar refractivity (Wildman–Crippen MR) is 77.9 cm³/mol. The van der Waals surface area contributed by atoms with Gasteiger partial charge in [0.25, 0.3) is 5.91 Å². The Balaban J connectivity index is 1.99. The summed E-state index contributed by atoms with van der Waals surface area (Å²) in [5, 5.41) is 17.1. The van der Waals surface area contributed by atoms with E-state index in [0.717, 1.165) is 6.07 Å². The number of alkyl halides is 3. The average molecular weight is 337 g/mol. The van der Waals surface area contributed by atoms with Crippen LogP contribution in [0, 0.1) is 0 Å². The van der Waals surface area contributed by atoms with Crippen molar-refractivity contribution in [2.45, 2.75) is 24.7 Å². The number of rotatable bonds is 2. The van der Waals surface area contributed by atoms with E-state index in [1.165, 1.54) is 41.6 Å². The Morgan fingerprint density at radius 1 is 1.21 bits per heavy atom. The van der Waals surface area contributed by atoms with Crippen molar-refractivity contribution in [1.82, 2.24) is 15.1 Å². The smallest absolute Gasteiger partial charge is 0.391 e. The Kier molecular flexibility index (Phi) is 4.23. The molecular formula is C16H14F3N3O2. The van der Waals surface area contributed by atoms with Gasteiger partial charge in [0, 0.05) is 6.54 Å². The molecule has 0 spiro atoms. The lowest BCUT2D eigenvalue weighted by Crippen LogP contribution is -2.32. The molecule has 5 nitrogen and oxygen atoms in total.